The fourth-order valence-electron chi connectivity index (χ4n) is 3.17. The van der Waals surface area contributed by atoms with Gasteiger partial charge in [-0.25, -0.2) is 17.9 Å². The third-order valence-electron chi connectivity index (χ3n) is 4.15. The van der Waals surface area contributed by atoms with Gasteiger partial charge >= 0.3 is 10.2 Å². The van der Waals surface area contributed by atoms with Crippen molar-refractivity contribution in [3.05, 3.63) is 24.0 Å². The van der Waals surface area contributed by atoms with Crippen molar-refractivity contribution in [1.82, 2.24) is 4.31 Å². The molecule has 10 heteroatoms. The standard InChI is InChI=1S/C12H16FN3O4S2/c13-11-4-2-9(6-12(11)21(14,17)18)15-22(19,20)16-7-8-1-3-10(16)5-8/h2,4,6,8,10,15H,1,3,5,7H2,(H2,14,17,18). The van der Waals surface area contributed by atoms with Crippen molar-refractivity contribution in [3.63, 3.8) is 0 Å². The van der Waals surface area contributed by atoms with E-state index in [0.29, 0.717) is 12.5 Å². The summed E-state index contributed by atoms with van der Waals surface area (Å²) in [5.41, 5.74) is -0.0341. The van der Waals surface area contributed by atoms with Crippen LogP contribution in [0.15, 0.2) is 23.1 Å². The van der Waals surface area contributed by atoms with Crippen LogP contribution in [0.1, 0.15) is 19.3 Å². The number of sulfonamides is 1. The van der Waals surface area contributed by atoms with Gasteiger partial charge < -0.3 is 0 Å². The van der Waals surface area contributed by atoms with E-state index in [4.69, 9.17) is 5.14 Å². The molecule has 1 aliphatic heterocycles. The Hall–Kier alpha value is -1.23. The third-order valence-corrected chi connectivity index (χ3v) is 6.64. The van der Waals surface area contributed by atoms with E-state index in [1.165, 1.54) is 4.31 Å². The summed E-state index contributed by atoms with van der Waals surface area (Å²) in [7, 11) is -8.06. The van der Waals surface area contributed by atoms with Crippen molar-refractivity contribution in [2.45, 2.75) is 30.2 Å². The van der Waals surface area contributed by atoms with Crippen LogP contribution in [0.25, 0.3) is 0 Å². The maximum absolute atomic E-state index is 13.5. The van der Waals surface area contributed by atoms with E-state index in [0.717, 1.165) is 37.5 Å². The Morgan fingerprint density at radius 2 is 1.95 bits per heavy atom. The van der Waals surface area contributed by atoms with E-state index >= 15 is 0 Å². The van der Waals surface area contributed by atoms with Crippen molar-refractivity contribution in [1.29, 1.82) is 0 Å². The zero-order chi connectivity index (χ0) is 16.1. The first-order valence-corrected chi connectivity index (χ1v) is 9.77. The summed E-state index contributed by atoms with van der Waals surface area (Å²) >= 11 is 0. The number of piperidine rings is 1. The number of primary sulfonamides is 1. The van der Waals surface area contributed by atoms with E-state index in [-0.39, 0.29) is 11.7 Å². The van der Waals surface area contributed by atoms with Crippen molar-refractivity contribution >= 4 is 25.9 Å². The number of anilines is 1. The van der Waals surface area contributed by atoms with Gasteiger partial charge in [0.25, 0.3) is 0 Å². The predicted octanol–water partition coefficient (Wildman–Crippen LogP) is 0.614. The monoisotopic (exact) mass is 349 g/mol. The summed E-state index contributed by atoms with van der Waals surface area (Å²) < 4.78 is 64.5. The molecule has 0 aromatic heterocycles. The van der Waals surface area contributed by atoms with Gasteiger partial charge in [0, 0.05) is 12.6 Å². The fourth-order valence-corrected chi connectivity index (χ4v) is 5.33. The molecule has 2 atom stereocenters. The highest BCUT2D eigenvalue weighted by Gasteiger charge is 2.43. The molecule has 1 aromatic rings. The molecule has 2 bridgehead atoms. The van der Waals surface area contributed by atoms with Gasteiger partial charge in [0.15, 0.2) is 0 Å². The molecule has 2 unspecified atom stereocenters. The van der Waals surface area contributed by atoms with Gasteiger partial charge in [-0.05, 0) is 43.4 Å². The van der Waals surface area contributed by atoms with E-state index in [2.05, 4.69) is 4.72 Å². The van der Waals surface area contributed by atoms with E-state index in [1.807, 2.05) is 0 Å². The Bertz CT molecular complexity index is 810. The van der Waals surface area contributed by atoms with Crippen LogP contribution in [0, 0.1) is 11.7 Å². The molecule has 1 saturated heterocycles. The van der Waals surface area contributed by atoms with Crippen LogP contribution < -0.4 is 9.86 Å². The topological polar surface area (TPSA) is 110 Å². The number of hydrogen-bond donors (Lipinski definition) is 2. The van der Waals surface area contributed by atoms with Crippen LogP contribution in [-0.2, 0) is 20.2 Å². The molecular weight excluding hydrogens is 333 g/mol. The molecule has 3 rings (SSSR count). The number of benzene rings is 1. The van der Waals surface area contributed by atoms with Crippen molar-refractivity contribution < 1.29 is 21.2 Å². The first kappa shape index (κ1) is 15.7. The second kappa shape index (κ2) is 5.15. The SMILES string of the molecule is NS(=O)(=O)c1cc(NS(=O)(=O)N2CC3CCC2C3)ccc1F. The number of rotatable bonds is 4. The summed E-state index contributed by atoms with van der Waals surface area (Å²) in [5.74, 6) is -0.638. The van der Waals surface area contributed by atoms with E-state index in [1.54, 1.807) is 0 Å². The Kier molecular flexibility index (Phi) is 3.67. The molecular formula is C12H16FN3O4S2. The Labute approximate surface area is 128 Å². The number of halogens is 1. The minimum absolute atomic E-state index is 0.0133. The summed E-state index contributed by atoms with van der Waals surface area (Å²) in [6.07, 6.45) is 2.72. The van der Waals surface area contributed by atoms with Crippen molar-refractivity contribution in [3.8, 4) is 0 Å². The third kappa shape index (κ3) is 2.83. The normalized spacial score (nSPS) is 25.5. The first-order valence-electron chi connectivity index (χ1n) is 6.79. The zero-order valence-corrected chi connectivity index (χ0v) is 13.2. The van der Waals surface area contributed by atoms with Gasteiger partial charge in [-0.1, -0.05) is 0 Å². The fraction of sp³-hybridized carbons (Fsp3) is 0.500. The molecule has 22 heavy (non-hydrogen) atoms. The molecule has 7 nitrogen and oxygen atoms in total. The van der Waals surface area contributed by atoms with Gasteiger partial charge in [-0.3, -0.25) is 4.72 Å². The summed E-state index contributed by atoms with van der Waals surface area (Å²) in [6, 6.07) is 2.90. The second-order valence-electron chi connectivity index (χ2n) is 5.70. The van der Waals surface area contributed by atoms with Crippen LogP contribution in [-0.4, -0.2) is 33.7 Å². The van der Waals surface area contributed by atoms with Gasteiger partial charge in [0.1, 0.15) is 10.7 Å². The number of nitrogens with zero attached hydrogens (tertiary/aromatic N) is 1. The van der Waals surface area contributed by atoms with Gasteiger partial charge in [-0.2, -0.15) is 12.7 Å². The molecule has 1 saturated carbocycles. The molecule has 0 radical (unpaired) electrons. The van der Waals surface area contributed by atoms with Crippen LogP contribution in [0.2, 0.25) is 0 Å². The van der Waals surface area contributed by atoms with Crippen LogP contribution in [0.4, 0.5) is 10.1 Å². The van der Waals surface area contributed by atoms with Crippen molar-refractivity contribution in [2.24, 2.45) is 11.1 Å². The zero-order valence-electron chi connectivity index (χ0n) is 11.6. The lowest BCUT2D eigenvalue weighted by Crippen LogP contribution is -2.41. The van der Waals surface area contributed by atoms with Crippen LogP contribution in [0.3, 0.4) is 0 Å². The maximum Gasteiger partial charge on any atom is 0.301 e. The average Bonchev–Trinajstić information content (AvgIpc) is 3.02. The minimum Gasteiger partial charge on any atom is -0.271 e. The summed E-state index contributed by atoms with van der Waals surface area (Å²) in [6.45, 7) is 0.462. The molecule has 1 heterocycles. The molecule has 0 spiro atoms. The molecule has 0 amide bonds. The quantitative estimate of drug-likeness (QED) is 0.830. The highest BCUT2D eigenvalue weighted by molar-refractivity contribution is 7.90. The van der Waals surface area contributed by atoms with E-state index in [9.17, 15) is 21.2 Å². The molecule has 1 aliphatic carbocycles. The van der Waals surface area contributed by atoms with Crippen LogP contribution >= 0.6 is 0 Å². The Morgan fingerprint density at radius 3 is 2.50 bits per heavy atom. The lowest BCUT2D eigenvalue weighted by atomic mass is 10.1. The van der Waals surface area contributed by atoms with Crippen LogP contribution in [0.5, 0.6) is 0 Å². The Balaban J connectivity index is 1.87. The Morgan fingerprint density at radius 1 is 1.23 bits per heavy atom. The first-order chi connectivity index (χ1) is 10.2. The molecule has 2 aliphatic rings. The molecule has 2 fully saturated rings. The molecule has 1 aromatic carbocycles. The lowest BCUT2D eigenvalue weighted by molar-refractivity contribution is 0.335. The highest BCUT2D eigenvalue weighted by atomic mass is 32.2. The number of nitrogens with one attached hydrogen (secondary N) is 1. The van der Waals surface area contributed by atoms with Gasteiger partial charge in [-0.15, -0.1) is 0 Å². The number of hydrogen-bond acceptors (Lipinski definition) is 4. The van der Waals surface area contributed by atoms with Crippen molar-refractivity contribution in [2.75, 3.05) is 11.3 Å². The predicted molar refractivity (Wildman–Crippen MR) is 78.2 cm³/mol. The molecule has 122 valence electrons. The second-order valence-corrected chi connectivity index (χ2v) is 8.85. The number of nitrogens with two attached hydrogens (primary N) is 1. The summed E-state index contributed by atoms with van der Waals surface area (Å²) in [5, 5.41) is 4.91. The lowest BCUT2D eigenvalue weighted by Gasteiger charge is -2.26. The van der Waals surface area contributed by atoms with Gasteiger partial charge in [0.05, 0.1) is 5.69 Å². The smallest absolute Gasteiger partial charge is 0.271 e. The minimum atomic E-state index is -4.26. The maximum atomic E-state index is 13.5. The van der Waals surface area contributed by atoms with E-state index < -0.39 is 30.9 Å². The van der Waals surface area contributed by atoms with Gasteiger partial charge in [0.2, 0.25) is 10.0 Å². The largest absolute Gasteiger partial charge is 0.301 e. The molecule has 3 N–H and O–H groups in total. The highest BCUT2D eigenvalue weighted by Crippen LogP contribution is 2.39. The average molecular weight is 349 g/mol. The summed E-state index contributed by atoms with van der Waals surface area (Å²) in [4.78, 5) is -0.740. The number of fused-ring (bicyclic) bond motifs is 2.